The van der Waals surface area contributed by atoms with Gasteiger partial charge >= 0.3 is 0 Å². The van der Waals surface area contributed by atoms with Gasteiger partial charge in [0.25, 0.3) is 5.56 Å². The van der Waals surface area contributed by atoms with Gasteiger partial charge in [0.2, 0.25) is 5.91 Å². The van der Waals surface area contributed by atoms with Crippen LogP contribution in [-0.2, 0) is 17.8 Å². The van der Waals surface area contributed by atoms with Gasteiger partial charge in [-0.25, -0.2) is 4.68 Å². The molecule has 0 unspecified atom stereocenters. The normalized spacial score (nSPS) is 15.6. The van der Waals surface area contributed by atoms with Crippen LogP contribution in [0.1, 0.15) is 56.7 Å². The Morgan fingerprint density at radius 2 is 2.07 bits per heavy atom. The molecule has 0 atom stereocenters. The van der Waals surface area contributed by atoms with E-state index in [0.29, 0.717) is 30.9 Å². The van der Waals surface area contributed by atoms with Gasteiger partial charge in [0.15, 0.2) is 0 Å². The summed E-state index contributed by atoms with van der Waals surface area (Å²) in [6, 6.07) is 4.42. The van der Waals surface area contributed by atoms with Crippen LogP contribution in [0.2, 0.25) is 0 Å². The Labute approximate surface area is 162 Å². The molecule has 0 saturated heterocycles. The zero-order valence-corrected chi connectivity index (χ0v) is 16.6. The molecule has 1 aliphatic rings. The number of carbonyl (C=O) groups is 1. The van der Waals surface area contributed by atoms with Crippen molar-refractivity contribution in [1.29, 1.82) is 0 Å². The van der Waals surface area contributed by atoms with Crippen molar-refractivity contribution in [2.45, 2.75) is 70.9 Å². The molecule has 0 aromatic carbocycles. The molecule has 27 heavy (non-hydrogen) atoms. The summed E-state index contributed by atoms with van der Waals surface area (Å²) in [5.41, 5.74) is 1.61. The summed E-state index contributed by atoms with van der Waals surface area (Å²) in [5, 5.41) is 7.44. The quantitative estimate of drug-likeness (QED) is 0.705. The summed E-state index contributed by atoms with van der Waals surface area (Å²) in [6.45, 7) is 2.60. The SMILES string of the molecule is CCc1cc2c(cc3c(=O)n(CCCC(=O)NC4CCCCC4)ncn32)s1. The third-order valence-corrected chi connectivity index (χ3v) is 6.65. The fourth-order valence-corrected chi connectivity index (χ4v) is 4.95. The molecule has 1 N–H and O–H groups in total. The minimum atomic E-state index is -0.0911. The Hall–Kier alpha value is -2.15. The molecule has 3 aromatic heterocycles. The van der Waals surface area contributed by atoms with Crippen LogP contribution in [-0.4, -0.2) is 26.1 Å². The number of aryl methyl sites for hydroxylation is 2. The molecule has 0 spiro atoms. The van der Waals surface area contributed by atoms with Crippen molar-refractivity contribution in [3.63, 3.8) is 0 Å². The van der Waals surface area contributed by atoms with Crippen molar-refractivity contribution in [3.8, 4) is 0 Å². The number of fused-ring (bicyclic) bond motifs is 3. The number of rotatable bonds is 6. The first-order chi connectivity index (χ1) is 13.2. The van der Waals surface area contributed by atoms with Gasteiger partial charge in [-0.05, 0) is 37.8 Å². The maximum Gasteiger partial charge on any atom is 0.291 e. The van der Waals surface area contributed by atoms with Gasteiger partial charge < -0.3 is 5.32 Å². The molecule has 0 aliphatic heterocycles. The lowest BCUT2D eigenvalue weighted by Crippen LogP contribution is -2.36. The van der Waals surface area contributed by atoms with Crippen molar-refractivity contribution in [3.05, 3.63) is 33.7 Å². The molecule has 6 nitrogen and oxygen atoms in total. The number of nitrogens with zero attached hydrogens (tertiary/aromatic N) is 3. The molecule has 7 heteroatoms. The molecule has 3 aromatic rings. The van der Waals surface area contributed by atoms with E-state index in [1.54, 1.807) is 17.7 Å². The predicted octanol–water partition coefficient (Wildman–Crippen LogP) is 3.50. The van der Waals surface area contributed by atoms with Crippen molar-refractivity contribution in [2.24, 2.45) is 0 Å². The van der Waals surface area contributed by atoms with Gasteiger partial charge in [0.05, 0.1) is 10.2 Å². The van der Waals surface area contributed by atoms with Crippen LogP contribution in [0.25, 0.3) is 15.7 Å². The Morgan fingerprint density at radius 3 is 2.85 bits per heavy atom. The maximum absolute atomic E-state index is 12.7. The smallest absolute Gasteiger partial charge is 0.291 e. The Bertz CT molecular complexity index is 1010. The summed E-state index contributed by atoms with van der Waals surface area (Å²) in [7, 11) is 0. The number of amides is 1. The Kier molecular flexibility index (Phi) is 5.29. The predicted molar refractivity (Wildman–Crippen MR) is 108 cm³/mol. The third-order valence-electron chi connectivity index (χ3n) is 5.43. The summed E-state index contributed by atoms with van der Waals surface area (Å²) in [4.78, 5) is 26.2. The van der Waals surface area contributed by atoms with E-state index in [2.05, 4.69) is 23.4 Å². The van der Waals surface area contributed by atoms with Crippen molar-refractivity contribution in [2.75, 3.05) is 0 Å². The molecule has 1 amide bonds. The minimum absolute atomic E-state index is 0.0892. The maximum atomic E-state index is 12.7. The molecule has 144 valence electrons. The number of hydrogen-bond donors (Lipinski definition) is 1. The number of hydrogen-bond acceptors (Lipinski definition) is 4. The largest absolute Gasteiger partial charge is 0.353 e. The zero-order chi connectivity index (χ0) is 18.8. The molecule has 3 heterocycles. The molecule has 1 aliphatic carbocycles. The van der Waals surface area contributed by atoms with Gasteiger partial charge in [-0.2, -0.15) is 5.10 Å². The molecule has 0 radical (unpaired) electrons. The fourth-order valence-electron chi connectivity index (χ4n) is 3.92. The molecule has 0 bridgehead atoms. The van der Waals surface area contributed by atoms with Gasteiger partial charge in [-0.1, -0.05) is 26.2 Å². The number of thiophene rings is 1. The lowest BCUT2D eigenvalue weighted by molar-refractivity contribution is -0.122. The van der Waals surface area contributed by atoms with E-state index in [1.165, 1.54) is 28.8 Å². The minimum Gasteiger partial charge on any atom is -0.353 e. The van der Waals surface area contributed by atoms with Crippen molar-refractivity contribution >= 4 is 33.0 Å². The zero-order valence-electron chi connectivity index (χ0n) is 15.7. The number of carbonyl (C=O) groups excluding carboxylic acids is 1. The highest BCUT2D eigenvalue weighted by molar-refractivity contribution is 7.19. The van der Waals surface area contributed by atoms with Crippen LogP contribution in [0.3, 0.4) is 0 Å². The molecular weight excluding hydrogens is 360 g/mol. The lowest BCUT2D eigenvalue weighted by atomic mass is 9.95. The molecule has 4 rings (SSSR count). The number of aromatic nitrogens is 3. The highest BCUT2D eigenvalue weighted by atomic mass is 32.1. The van der Waals surface area contributed by atoms with Crippen LogP contribution in [0.15, 0.2) is 23.3 Å². The third kappa shape index (κ3) is 3.78. The molecule has 1 fully saturated rings. The highest BCUT2D eigenvalue weighted by Gasteiger charge is 2.16. The van der Waals surface area contributed by atoms with E-state index < -0.39 is 0 Å². The second kappa shape index (κ2) is 7.84. The second-order valence-electron chi connectivity index (χ2n) is 7.38. The average molecular weight is 387 g/mol. The van der Waals surface area contributed by atoms with Crippen LogP contribution >= 0.6 is 11.3 Å². The van der Waals surface area contributed by atoms with Crippen LogP contribution in [0, 0.1) is 0 Å². The Balaban J connectivity index is 1.40. The van der Waals surface area contributed by atoms with Crippen molar-refractivity contribution in [1.82, 2.24) is 19.5 Å². The molecular formula is C20H26N4O2S. The first-order valence-corrected chi connectivity index (χ1v) is 10.8. The summed E-state index contributed by atoms with van der Waals surface area (Å²) >= 11 is 1.73. The van der Waals surface area contributed by atoms with Gasteiger partial charge in [-0.15, -0.1) is 11.3 Å². The highest BCUT2D eigenvalue weighted by Crippen LogP contribution is 2.28. The summed E-state index contributed by atoms with van der Waals surface area (Å²) in [6.07, 6.45) is 9.64. The first-order valence-electron chi connectivity index (χ1n) is 9.94. The van der Waals surface area contributed by atoms with E-state index in [-0.39, 0.29) is 11.5 Å². The van der Waals surface area contributed by atoms with Crippen LogP contribution in [0.5, 0.6) is 0 Å². The average Bonchev–Trinajstić information content (AvgIpc) is 3.22. The monoisotopic (exact) mass is 386 g/mol. The van der Waals surface area contributed by atoms with Crippen LogP contribution in [0.4, 0.5) is 0 Å². The van der Waals surface area contributed by atoms with Crippen LogP contribution < -0.4 is 10.9 Å². The topological polar surface area (TPSA) is 68.4 Å². The summed E-state index contributed by atoms with van der Waals surface area (Å²) in [5.74, 6) is 0.0892. The lowest BCUT2D eigenvalue weighted by Gasteiger charge is -2.22. The van der Waals surface area contributed by atoms with Gasteiger partial charge in [-0.3, -0.25) is 14.0 Å². The van der Waals surface area contributed by atoms with E-state index in [4.69, 9.17) is 0 Å². The van der Waals surface area contributed by atoms with Gasteiger partial charge in [0, 0.05) is 23.9 Å². The van der Waals surface area contributed by atoms with E-state index in [1.807, 2.05) is 10.5 Å². The summed E-state index contributed by atoms with van der Waals surface area (Å²) < 4.78 is 4.47. The standard InChI is InChI=1S/C20H26N4O2S/c1-2-15-11-16-18(27-15)12-17-20(26)24(21-13-23(16)17)10-6-9-19(25)22-14-7-4-3-5-8-14/h11-14H,2-10H2,1H3,(H,22,25). The first kappa shape index (κ1) is 18.2. The second-order valence-corrected chi connectivity index (χ2v) is 8.55. The fraction of sp³-hybridized carbons (Fsp3) is 0.550. The van der Waals surface area contributed by atoms with Crippen molar-refractivity contribution < 1.29 is 4.79 Å². The number of nitrogens with one attached hydrogen (secondary N) is 1. The van der Waals surface area contributed by atoms with E-state index in [0.717, 1.165) is 29.5 Å². The Morgan fingerprint density at radius 1 is 1.26 bits per heavy atom. The molecule has 1 saturated carbocycles. The van der Waals surface area contributed by atoms with E-state index >= 15 is 0 Å². The van der Waals surface area contributed by atoms with E-state index in [9.17, 15) is 9.59 Å². The van der Waals surface area contributed by atoms with Gasteiger partial charge in [0.1, 0.15) is 11.8 Å².